The predicted molar refractivity (Wildman–Crippen MR) is 120 cm³/mol. The van der Waals surface area contributed by atoms with E-state index in [0.717, 1.165) is 29.7 Å². The normalized spacial score (nSPS) is 29.7. The molecule has 1 aliphatic heterocycles. The van der Waals surface area contributed by atoms with Crippen LogP contribution in [0.1, 0.15) is 69.4 Å². The highest BCUT2D eigenvalue weighted by molar-refractivity contribution is 6.58. The van der Waals surface area contributed by atoms with Crippen LogP contribution in [-0.2, 0) is 6.42 Å². The van der Waals surface area contributed by atoms with Gasteiger partial charge in [-0.1, -0.05) is 93.0 Å². The molecular formula is C24H36ClFSi. The molecule has 0 aromatic heterocycles. The molecule has 0 N–H and O–H groups in total. The summed E-state index contributed by atoms with van der Waals surface area (Å²) in [5.74, 6) is 2.63. The molecule has 0 amide bonds. The largest absolute Gasteiger partial charge is 0.205 e. The second kappa shape index (κ2) is 10.8. The van der Waals surface area contributed by atoms with E-state index in [-0.39, 0.29) is 14.6 Å². The maximum atomic E-state index is 13.5. The monoisotopic (exact) mass is 406 g/mol. The molecule has 150 valence electrons. The molecule has 1 saturated carbocycles. The molecule has 27 heavy (non-hydrogen) atoms. The first-order valence-electron chi connectivity index (χ1n) is 11.2. The predicted octanol–water partition coefficient (Wildman–Crippen LogP) is 7.98. The second-order valence-electron chi connectivity index (χ2n) is 9.04. The van der Waals surface area contributed by atoms with Gasteiger partial charge in [0.2, 0.25) is 0 Å². The minimum atomic E-state index is -0.354. The third-order valence-corrected chi connectivity index (χ3v) is 11.2. The van der Waals surface area contributed by atoms with Crippen molar-refractivity contribution < 1.29 is 4.39 Å². The van der Waals surface area contributed by atoms with Crippen LogP contribution >= 0.6 is 11.6 Å². The van der Waals surface area contributed by atoms with Gasteiger partial charge >= 0.3 is 0 Å². The first-order chi connectivity index (χ1) is 13.2. The minimum Gasteiger partial charge on any atom is -0.205 e. The number of halogens is 2. The fourth-order valence-corrected chi connectivity index (χ4v) is 9.18. The lowest BCUT2D eigenvalue weighted by molar-refractivity contribution is 0.186. The Morgan fingerprint density at radius 2 is 1.67 bits per heavy atom. The van der Waals surface area contributed by atoms with Crippen LogP contribution in [0.3, 0.4) is 0 Å². The fourth-order valence-electron chi connectivity index (χ4n) is 5.57. The van der Waals surface area contributed by atoms with Crippen molar-refractivity contribution in [2.75, 3.05) is 0 Å². The molecule has 0 unspecified atom stereocenters. The molecule has 0 radical (unpaired) electrons. The van der Waals surface area contributed by atoms with Gasteiger partial charge in [0.25, 0.3) is 0 Å². The summed E-state index contributed by atoms with van der Waals surface area (Å²) >= 11 is 5.44. The van der Waals surface area contributed by atoms with Crippen LogP contribution in [0.5, 0.6) is 0 Å². The molecule has 0 spiro atoms. The SMILES string of the molecule is CCC[Si@H]1CC[C@H]([C@H]2CC[C@H](CCc3ccc(C(F)=CCl)cc3)CC2)CC1. The second-order valence-corrected chi connectivity index (χ2v) is 12.7. The molecule has 0 nitrogen and oxygen atoms in total. The van der Waals surface area contributed by atoms with Crippen molar-refractivity contribution in [1.29, 1.82) is 0 Å². The highest BCUT2D eigenvalue weighted by atomic mass is 35.5. The van der Waals surface area contributed by atoms with Gasteiger partial charge in [0.15, 0.2) is 0 Å². The maximum absolute atomic E-state index is 13.5. The van der Waals surface area contributed by atoms with E-state index in [2.05, 4.69) is 19.1 Å². The summed E-state index contributed by atoms with van der Waals surface area (Å²) in [6, 6.07) is 12.7. The molecule has 3 rings (SSSR count). The van der Waals surface area contributed by atoms with Crippen molar-refractivity contribution in [2.45, 2.75) is 82.8 Å². The molecule has 1 heterocycles. The highest BCUT2D eigenvalue weighted by Crippen LogP contribution is 2.41. The van der Waals surface area contributed by atoms with Gasteiger partial charge in [-0.15, -0.1) is 0 Å². The highest BCUT2D eigenvalue weighted by Gasteiger charge is 2.30. The van der Waals surface area contributed by atoms with E-state index in [1.807, 2.05) is 12.1 Å². The summed E-state index contributed by atoms with van der Waals surface area (Å²) < 4.78 is 13.5. The van der Waals surface area contributed by atoms with Crippen molar-refractivity contribution >= 4 is 26.2 Å². The van der Waals surface area contributed by atoms with Crippen LogP contribution in [0, 0.1) is 17.8 Å². The lowest BCUT2D eigenvalue weighted by atomic mass is 9.73. The molecule has 0 atom stereocenters. The smallest absolute Gasteiger partial charge is 0.141 e. The van der Waals surface area contributed by atoms with E-state index < -0.39 is 0 Å². The van der Waals surface area contributed by atoms with Gasteiger partial charge in [0.05, 0.1) is 0 Å². The standard InChI is InChI=1S/C24H36ClFSi/c1-2-15-27-16-13-22(14-17-27)21-9-5-19(6-10-21)3-4-20-7-11-23(12-8-20)24(26)18-25/h7-8,11-12,18-19,21-22,27H,2-6,9-10,13-17H2,1H3/t19-,21-,22-,27-. The Balaban J connectivity index is 1.37. The molecule has 1 saturated heterocycles. The fraction of sp³-hybridized carbons (Fsp3) is 0.667. The Kier molecular flexibility index (Phi) is 8.45. The van der Waals surface area contributed by atoms with Gasteiger partial charge in [0.1, 0.15) is 5.83 Å². The summed E-state index contributed by atoms with van der Waals surface area (Å²) in [7, 11) is -0.324. The molecular weight excluding hydrogens is 371 g/mol. The van der Waals surface area contributed by atoms with Crippen LogP contribution in [0.4, 0.5) is 4.39 Å². The van der Waals surface area contributed by atoms with Crippen LogP contribution in [0.2, 0.25) is 18.1 Å². The first-order valence-corrected chi connectivity index (χ1v) is 14.1. The Morgan fingerprint density at radius 3 is 2.26 bits per heavy atom. The zero-order valence-electron chi connectivity index (χ0n) is 16.9. The molecule has 0 bridgehead atoms. The third-order valence-electron chi connectivity index (χ3n) is 7.31. The quantitative estimate of drug-likeness (QED) is 0.402. The van der Waals surface area contributed by atoms with Gasteiger partial charge in [-0.05, 0) is 49.0 Å². The van der Waals surface area contributed by atoms with E-state index in [9.17, 15) is 4.39 Å². The minimum absolute atomic E-state index is 0.324. The number of hydrogen-bond acceptors (Lipinski definition) is 0. The van der Waals surface area contributed by atoms with E-state index in [1.165, 1.54) is 44.1 Å². The van der Waals surface area contributed by atoms with Crippen molar-refractivity contribution in [3.63, 3.8) is 0 Å². The van der Waals surface area contributed by atoms with Crippen LogP contribution < -0.4 is 0 Å². The average molecular weight is 407 g/mol. The van der Waals surface area contributed by atoms with E-state index >= 15 is 0 Å². The maximum Gasteiger partial charge on any atom is 0.141 e. The van der Waals surface area contributed by atoms with Crippen molar-refractivity contribution in [2.24, 2.45) is 17.8 Å². The van der Waals surface area contributed by atoms with Gasteiger partial charge in [-0.25, -0.2) is 4.39 Å². The lowest BCUT2D eigenvalue weighted by Crippen LogP contribution is -2.28. The summed E-state index contributed by atoms with van der Waals surface area (Å²) in [4.78, 5) is 0. The molecule has 1 aliphatic carbocycles. The molecule has 1 aromatic carbocycles. The molecule has 2 aliphatic rings. The first kappa shape index (κ1) is 21.1. The molecule has 1 aromatic rings. The molecule has 2 fully saturated rings. The summed E-state index contributed by atoms with van der Waals surface area (Å²) in [5.41, 5.74) is 2.90. The summed E-state index contributed by atoms with van der Waals surface area (Å²) in [5, 5.41) is 0. The van der Waals surface area contributed by atoms with Crippen molar-refractivity contribution in [1.82, 2.24) is 0 Å². The van der Waals surface area contributed by atoms with Crippen molar-refractivity contribution in [3.8, 4) is 0 Å². The number of aryl methyl sites for hydroxylation is 1. The van der Waals surface area contributed by atoms with Crippen LogP contribution in [0.15, 0.2) is 29.8 Å². The molecule has 3 heteroatoms. The Hall–Kier alpha value is -0.603. The van der Waals surface area contributed by atoms with Gasteiger partial charge in [-0.2, -0.15) is 0 Å². The zero-order valence-corrected chi connectivity index (χ0v) is 18.8. The van der Waals surface area contributed by atoms with E-state index in [4.69, 9.17) is 11.6 Å². The zero-order chi connectivity index (χ0) is 19.1. The topological polar surface area (TPSA) is 0 Å². The van der Waals surface area contributed by atoms with E-state index in [0.29, 0.717) is 5.56 Å². The van der Waals surface area contributed by atoms with Crippen molar-refractivity contribution in [3.05, 3.63) is 40.9 Å². The Bertz CT molecular complexity index is 581. The Morgan fingerprint density at radius 1 is 1.04 bits per heavy atom. The van der Waals surface area contributed by atoms with Crippen LogP contribution in [-0.4, -0.2) is 8.80 Å². The summed E-state index contributed by atoms with van der Waals surface area (Å²) in [6.45, 7) is 2.37. The lowest BCUT2D eigenvalue weighted by Gasteiger charge is -2.37. The number of rotatable bonds is 7. The number of hydrogen-bond donors (Lipinski definition) is 0. The van der Waals surface area contributed by atoms with Gasteiger partial charge < -0.3 is 0 Å². The van der Waals surface area contributed by atoms with Gasteiger partial charge in [-0.3, -0.25) is 0 Å². The van der Waals surface area contributed by atoms with E-state index in [1.54, 1.807) is 31.0 Å². The summed E-state index contributed by atoms with van der Waals surface area (Å²) in [6.07, 6.45) is 12.8. The van der Waals surface area contributed by atoms with Crippen LogP contribution in [0.25, 0.3) is 5.83 Å². The van der Waals surface area contributed by atoms with Gasteiger partial charge in [0, 0.05) is 19.9 Å². The number of benzene rings is 1. The average Bonchev–Trinajstić information content (AvgIpc) is 2.73. The Labute approximate surface area is 172 Å². The third kappa shape index (κ3) is 6.19.